The van der Waals surface area contributed by atoms with Crippen LogP contribution in [0.5, 0.6) is 0 Å². The van der Waals surface area contributed by atoms with E-state index in [0.29, 0.717) is 22.9 Å². The Kier molecular flexibility index (Phi) is 3.06. The molecule has 0 N–H and O–H groups in total. The van der Waals surface area contributed by atoms with Crippen LogP contribution >= 0.6 is 0 Å². The van der Waals surface area contributed by atoms with Crippen molar-refractivity contribution in [1.29, 1.82) is 0 Å². The van der Waals surface area contributed by atoms with Crippen molar-refractivity contribution in [2.45, 2.75) is 32.7 Å². The number of hydrogen-bond acceptors (Lipinski definition) is 6. The van der Waals surface area contributed by atoms with Crippen LogP contribution in [-0.4, -0.2) is 19.7 Å². The molecular weight excluding hydrogens is 308 g/mol. The molecule has 7 nitrogen and oxygen atoms in total. The van der Waals surface area contributed by atoms with Gasteiger partial charge in [0.2, 0.25) is 17.4 Å². The Bertz CT molecular complexity index is 1100. The SMILES string of the molecule is CC(C)(C)c1nnc(Cn2cnc3c(oc4ccccc43)c2=O)o1. The van der Waals surface area contributed by atoms with Gasteiger partial charge < -0.3 is 8.83 Å². The van der Waals surface area contributed by atoms with E-state index in [4.69, 9.17) is 8.83 Å². The zero-order valence-electron chi connectivity index (χ0n) is 13.6. The summed E-state index contributed by atoms with van der Waals surface area (Å²) < 4.78 is 12.7. The zero-order valence-corrected chi connectivity index (χ0v) is 13.6. The normalized spacial score (nSPS) is 12.3. The first-order chi connectivity index (χ1) is 11.4. The van der Waals surface area contributed by atoms with E-state index in [1.165, 1.54) is 10.9 Å². The first-order valence-corrected chi connectivity index (χ1v) is 7.63. The number of hydrogen-bond donors (Lipinski definition) is 0. The van der Waals surface area contributed by atoms with Crippen molar-refractivity contribution < 1.29 is 8.83 Å². The largest absolute Gasteiger partial charge is 0.448 e. The number of fused-ring (bicyclic) bond motifs is 3. The quantitative estimate of drug-likeness (QED) is 0.563. The number of nitrogens with zero attached hydrogens (tertiary/aromatic N) is 4. The Balaban J connectivity index is 1.77. The van der Waals surface area contributed by atoms with Crippen molar-refractivity contribution in [3.05, 3.63) is 52.7 Å². The monoisotopic (exact) mass is 324 g/mol. The number of aromatic nitrogens is 4. The molecule has 0 saturated heterocycles. The fourth-order valence-corrected chi connectivity index (χ4v) is 2.49. The predicted molar refractivity (Wildman–Crippen MR) is 87.9 cm³/mol. The highest BCUT2D eigenvalue weighted by Gasteiger charge is 2.22. The van der Waals surface area contributed by atoms with E-state index in [1.807, 2.05) is 45.0 Å². The van der Waals surface area contributed by atoms with Crippen molar-refractivity contribution in [3.63, 3.8) is 0 Å². The van der Waals surface area contributed by atoms with Gasteiger partial charge in [-0.1, -0.05) is 32.9 Å². The van der Waals surface area contributed by atoms with Crippen LogP contribution in [0, 0.1) is 0 Å². The lowest BCUT2D eigenvalue weighted by Gasteiger charge is -2.11. The summed E-state index contributed by atoms with van der Waals surface area (Å²) >= 11 is 0. The molecule has 4 aromatic rings. The Morgan fingerprint density at radius 3 is 2.67 bits per heavy atom. The average Bonchev–Trinajstić information content (AvgIpc) is 3.15. The molecule has 0 unspecified atom stereocenters. The third-order valence-electron chi connectivity index (χ3n) is 3.76. The van der Waals surface area contributed by atoms with Crippen LogP contribution in [-0.2, 0) is 12.0 Å². The van der Waals surface area contributed by atoms with Crippen LogP contribution in [0.1, 0.15) is 32.6 Å². The molecule has 0 saturated carbocycles. The highest BCUT2D eigenvalue weighted by molar-refractivity contribution is 6.01. The summed E-state index contributed by atoms with van der Waals surface area (Å²) in [5, 5.41) is 8.87. The molecule has 0 aliphatic heterocycles. The van der Waals surface area contributed by atoms with Crippen molar-refractivity contribution >= 4 is 22.1 Å². The van der Waals surface area contributed by atoms with Crippen LogP contribution in [0.2, 0.25) is 0 Å². The van der Waals surface area contributed by atoms with Crippen LogP contribution in [0.25, 0.3) is 22.1 Å². The van der Waals surface area contributed by atoms with E-state index >= 15 is 0 Å². The number of benzene rings is 1. The van der Waals surface area contributed by atoms with E-state index in [0.717, 1.165) is 5.39 Å². The minimum Gasteiger partial charge on any atom is -0.448 e. The average molecular weight is 324 g/mol. The van der Waals surface area contributed by atoms with Crippen LogP contribution in [0.3, 0.4) is 0 Å². The molecule has 0 aliphatic carbocycles. The van der Waals surface area contributed by atoms with E-state index in [-0.39, 0.29) is 23.1 Å². The Morgan fingerprint density at radius 2 is 1.92 bits per heavy atom. The third kappa shape index (κ3) is 2.29. The second-order valence-electron chi connectivity index (χ2n) is 6.70. The van der Waals surface area contributed by atoms with Crippen LogP contribution in [0.15, 0.2) is 44.2 Å². The first-order valence-electron chi connectivity index (χ1n) is 7.63. The summed E-state index contributed by atoms with van der Waals surface area (Å²) in [6, 6.07) is 7.44. The standard InChI is InChI=1S/C17H16N4O3/c1-17(2,3)16-20-19-12(24-16)8-21-9-18-13-10-6-4-5-7-11(10)23-14(13)15(21)22/h4-7,9H,8H2,1-3H3. The minimum absolute atomic E-state index is 0.155. The molecule has 3 aromatic heterocycles. The smallest absolute Gasteiger partial charge is 0.297 e. The van der Waals surface area contributed by atoms with Gasteiger partial charge in [0.25, 0.3) is 5.56 Å². The van der Waals surface area contributed by atoms with Crippen LogP contribution in [0.4, 0.5) is 0 Å². The molecule has 122 valence electrons. The maximum Gasteiger partial charge on any atom is 0.297 e. The maximum atomic E-state index is 12.6. The molecule has 4 rings (SSSR count). The van der Waals surface area contributed by atoms with Gasteiger partial charge in [0.1, 0.15) is 17.6 Å². The molecule has 0 aliphatic rings. The van der Waals surface area contributed by atoms with E-state index in [9.17, 15) is 4.79 Å². The minimum atomic E-state index is -0.272. The van der Waals surface area contributed by atoms with E-state index in [1.54, 1.807) is 0 Å². The van der Waals surface area contributed by atoms with Gasteiger partial charge in [-0.15, -0.1) is 10.2 Å². The van der Waals surface area contributed by atoms with E-state index < -0.39 is 0 Å². The van der Waals surface area contributed by atoms with Gasteiger partial charge in [-0.2, -0.15) is 0 Å². The Labute approximate surface area is 136 Å². The molecule has 7 heteroatoms. The third-order valence-corrected chi connectivity index (χ3v) is 3.76. The summed E-state index contributed by atoms with van der Waals surface area (Å²) in [4.78, 5) is 17.0. The lowest BCUT2D eigenvalue weighted by atomic mass is 9.97. The van der Waals surface area contributed by atoms with Crippen molar-refractivity contribution in [3.8, 4) is 0 Å². The topological polar surface area (TPSA) is 87.0 Å². The summed E-state index contributed by atoms with van der Waals surface area (Å²) in [7, 11) is 0. The number of para-hydroxylation sites is 1. The molecule has 3 heterocycles. The van der Waals surface area contributed by atoms with Gasteiger partial charge in [0.15, 0.2) is 0 Å². The summed E-state index contributed by atoms with van der Waals surface area (Å²) in [5.74, 6) is 0.891. The molecule has 1 aromatic carbocycles. The summed E-state index contributed by atoms with van der Waals surface area (Å²) in [6.45, 7) is 6.11. The van der Waals surface area contributed by atoms with Gasteiger partial charge in [0.05, 0.1) is 6.33 Å². The Morgan fingerprint density at radius 1 is 1.12 bits per heavy atom. The molecule has 0 atom stereocenters. The highest BCUT2D eigenvalue weighted by atomic mass is 16.4. The molecule has 0 spiro atoms. The molecule has 0 radical (unpaired) electrons. The molecular formula is C17H16N4O3. The molecule has 0 amide bonds. The fraction of sp³-hybridized carbons (Fsp3) is 0.294. The van der Waals surface area contributed by atoms with Gasteiger partial charge in [0, 0.05) is 10.8 Å². The molecule has 0 fully saturated rings. The summed E-state index contributed by atoms with van der Waals surface area (Å²) in [6.07, 6.45) is 1.48. The van der Waals surface area contributed by atoms with Crippen LogP contribution < -0.4 is 5.56 Å². The lowest BCUT2D eigenvalue weighted by Crippen LogP contribution is -2.20. The first kappa shape index (κ1) is 14.6. The second-order valence-corrected chi connectivity index (χ2v) is 6.70. The van der Waals surface area contributed by atoms with Gasteiger partial charge in [-0.3, -0.25) is 9.36 Å². The highest BCUT2D eigenvalue weighted by Crippen LogP contribution is 2.24. The second kappa shape index (κ2) is 5.02. The van der Waals surface area contributed by atoms with E-state index in [2.05, 4.69) is 15.2 Å². The van der Waals surface area contributed by atoms with Crippen molar-refractivity contribution in [2.24, 2.45) is 0 Å². The van der Waals surface area contributed by atoms with Gasteiger partial charge in [-0.25, -0.2) is 4.98 Å². The number of rotatable bonds is 2. The molecule has 24 heavy (non-hydrogen) atoms. The van der Waals surface area contributed by atoms with Gasteiger partial charge in [-0.05, 0) is 12.1 Å². The maximum absolute atomic E-state index is 12.6. The summed E-state index contributed by atoms with van der Waals surface area (Å²) in [5.41, 5.74) is 0.924. The molecule has 0 bridgehead atoms. The fourth-order valence-electron chi connectivity index (χ4n) is 2.49. The number of furan rings is 1. The zero-order chi connectivity index (χ0) is 16.9. The van der Waals surface area contributed by atoms with Crippen molar-refractivity contribution in [2.75, 3.05) is 0 Å². The Hall–Kier alpha value is -2.96. The van der Waals surface area contributed by atoms with Crippen molar-refractivity contribution in [1.82, 2.24) is 19.7 Å². The van der Waals surface area contributed by atoms with Gasteiger partial charge >= 0.3 is 0 Å². The lowest BCUT2D eigenvalue weighted by molar-refractivity contribution is 0.365. The predicted octanol–water partition coefficient (Wildman–Crippen LogP) is 2.87.